The molecule has 1 radical (unpaired) electrons. The van der Waals surface area contributed by atoms with Crippen molar-refractivity contribution in [1.82, 2.24) is 4.98 Å². The van der Waals surface area contributed by atoms with Gasteiger partial charge >= 0.3 is 0 Å². The molecule has 20 heavy (non-hydrogen) atoms. The lowest BCUT2D eigenvalue weighted by molar-refractivity contribution is 0.0675. The summed E-state index contributed by atoms with van der Waals surface area (Å²) in [7, 11) is -0.734. The summed E-state index contributed by atoms with van der Waals surface area (Å²) in [4.78, 5) is 4.21. The van der Waals surface area contributed by atoms with Crippen molar-refractivity contribution in [2.45, 2.75) is 59.4 Å². The van der Waals surface area contributed by atoms with E-state index in [1.54, 1.807) is 6.20 Å². The summed E-state index contributed by atoms with van der Waals surface area (Å²) < 4.78 is 7.26. The lowest BCUT2D eigenvalue weighted by Crippen LogP contribution is -2.46. The number of aromatic nitrogens is 1. The molecule has 0 aliphatic rings. The molecular weight excluding hydrogens is 332 g/mol. The highest BCUT2D eigenvalue weighted by atomic mass is 79.9. The van der Waals surface area contributed by atoms with Gasteiger partial charge in [0.05, 0.1) is 24.0 Å². The van der Waals surface area contributed by atoms with Crippen molar-refractivity contribution in [3.8, 4) is 0 Å². The zero-order valence-corrected chi connectivity index (χ0v) is 15.9. The molecule has 3 nitrogen and oxygen atoms in total. The topological polar surface area (TPSA) is 34.2 Å². The number of pyridine rings is 1. The Morgan fingerprint density at radius 2 is 2.00 bits per heavy atom. The van der Waals surface area contributed by atoms with Gasteiger partial charge in [-0.1, -0.05) is 27.7 Å². The van der Waals surface area contributed by atoms with Crippen LogP contribution in [0.15, 0.2) is 22.9 Å². The molecule has 1 rings (SSSR count). The fourth-order valence-electron chi connectivity index (χ4n) is 2.21. The van der Waals surface area contributed by atoms with Crippen LogP contribution in [0.5, 0.6) is 0 Å². The zero-order chi connectivity index (χ0) is 15.3. The minimum Gasteiger partial charge on any atom is -0.412 e. The molecule has 0 bridgehead atoms. The first-order valence-electron chi connectivity index (χ1n) is 7.08. The molecule has 0 fully saturated rings. The maximum absolute atomic E-state index is 6.28. The smallest absolute Gasteiger partial charge is 0.205 e. The molecule has 0 saturated carbocycles. The summed E-state index contributed by atoms with van der Waals surface area (Å²) in [5.41, 5.74) is 1.14. The fourth-order valence-corrected chi connectivity index (χ4v) is 3.60. The van der Waals surface area contributed by atoms with E-state index in [2.05, 4.69) is 73.1 Å². The number of hydrogen-bond donors (Lipinski definition) is 1. The van der Waals surface area contributed by atoms with Crippen molar-refractivity contribution in [3.63, 3.8) is 0 Å². The summed E-state index contributed by atoms with van der Waals surface area (Å²) >= 11 is 3.46. The second-order valence-electron chi connectivity index (χ2n) is 6.36. The van der Waals surface area contributed by atoms with E-state index in [1.807, 2.05) is 6.20 Å². The predicted molar refractivity (Wildman–Crippen MR) is 91.4 cm³/mol. The second kappa shape index (κ2) is 7.57. The summed E-state index contributed by atoms with van der Waals surface area (Å²) in [5.74, 6) is 0. The molecule has 2 atom stereocenters. The van der Waals surface area contributed by atoms with Crippen LogP contribution >= 0.6 is 15.9 Å². The summed E-state index contributed by atoms with van der Waals surface area (Å²) in [6, 6.07) is 2.34. The molecular formula is C15H26BrN2OSi. The molecule has 0 amide bonds. The highest BCUT2D eigenvalue weighted by Gasteiger charge is 2.33. The van der Waals surface area contributed by atoms with Crippen molar-refractivity contribution in [2.75, 3.05) is 5.32 Å². The minimum absolute atomic E-state index is 0.106. The van der Waals surface area contributed by atoms with Gasteiger partial charge in [0.15, 0.2) is 0 Å². The van der Waals surface area contributed by atoms with Crippen LogP contribution in [0.1, 0.15) is 34.1 Å². The van der Waals surface area contributed by atoms with Gasteiger partial charge in [0, 0.05) is 10.7 Å². The molecule has 0 aromatic carbocycles. The average molecular weight is 358 g/mol. The third kappa shape index (κ3) is 5.54. The van der Waals surface area contributed by atoms with Gasteiger partial charge in [0.1, 0.15) is 0 Å². The molecule has 1 N–H and O–H groups in total. The zero-order valence-electron chi connectivity index (χ0n) is 13.3. The molecule has 0 spiro atoms. The Hall–Kier alpha value is -0.393. The van der Waals surface area contributed by atoms with Crippen LogP contribution in [-0.2, 0) is 4.43 Å². The Balaban J connectivity index is 2.90. The van der Waals surface area contributed by atoms with E-state index < -0.39 is 9.04 Å². The van der Waals surface area contributed by atoms with Gasteiger partial charge in [-0.3, -0.25) is 4.98 Å². The predicted octanol–water partition coefficient (Wildman–Crippen LogP) is 4.72. The van der Waals surface area contributed by atoms with Crippen LogP contribution in [0.25, 0.3) is 0 Å². The van der Waals surface area contributed by atoms with Crippen molar-refractivity contribution in [2.24, 2.45) is 5.41 Å². The van der Waals surface area contributed by atoms with E-state index in [0.29, 0.717) is 0 Å². The van der Waals surface area contributed by atoms with Gasteiger partial charge in [-0.2, -0.15) is 0 Å². The third-order valence-corrected chi connectivity index (χ3v) is 4.24. The van der Waals surface area contributed by atoms with Gasteiger partial charge in [-0.25, -0.2) is 0 Å². The van der Waals surface area contributed by atoms with Gasteiger partial charge in [0.2, 0.25) is 9.04 Å². The van der Waals surface area contributed by atoms with Gasteiger partial charge in [-0.15, -0.1) is 0 Å². The Morgan fingerprint density at radius 1 is 1.35 bits per heavy atom. The molecule has 113 valence electrons. The molecule has 1 unspecified atom stereocenters. The van der Waals surface area contributed by atoms with Crippen LogP contribution in [0.3, 0.4) is 0 Å². The lowest BCUT2D eigenvalue weighted by Gasteiger charge is -2.38. The van der Waals surface area contributed by atoms with E-state index in [-0.39, 0.29) is 17.6 Å². The average Bonchev–Trinajstić information content (AvgIpc) is 2.32. The number of rotatable bonds is 6. The van der Waals surface area contributed by atoms with Crippen LogP contribution in [0.4, 0.5) is 5.69 Å². The van der Waals surface area contributed by atoms with E-state index in [0.717, 1.165) is 16.6 Å². The van der Waals surface area contributed by atoms with Gasteiger partial charge < -0.3 is 9.74 Å². The molecule has 0 saturated heterocycles. The molecule has 0 aliphatic heterocycles. The van der Waals surface area contributed by atoms with Gasteiger partial charge in [-0.05, 0) is 46.9 Å². The van der Waals surface area contributed by atoms with E-state index in [4.69, 9.17) is 4.43 Å². The maximum atomic E-state index is 6.28. The number of nitrogens with one attached hydrogen (secondary N) is 1. The quantitative estimate of drug-likeness (QED) is 0.748. The first-order valence-corrected chi connectivity index (χ1v) is 10.3. The van der Waals surface area contributed by atoms with Crippen LogP contribution < -0.4 is 5.32 Å². The normalized spacial score (nSPS) is 15.2. The molecule has 5 heteroatoms. The first kappa shape index (κ1) is 17.7. The minimum atomic E-state index is -0.734. The van der Waals surface area contributed by atoms with Crippen molar-refractivity contribution < 1.29 is 4.43 Å². The van der Waals surface area contributed by atoms with Crippen LogP contribution in [-0.4, -0.2) is 26.2 Å². The number of nitrogens with zero attached hydrogens (tertiary/aromatic N) is 1. The first-order chi connectivity index (χ1) is 9.24. The Labute approximate surface area is 133 Å². The number of hydrogen-bond acceptors (Lipinski definition) is 3. The van der Waals surface area contributed by atoms with Crippen LogP contribution in [0.2, 0.25) is 13.1 Å². The monoisotopic (exact) mass is 357 g/mol. The summed E-state index contributed by atoms with van der Waals surface area (Å²) in [5, 5.41) is 3.58. The van der Waals surface area contributed by atoms with Crippen LogP contribution in [0, 0.1) is 5.41 Å². The van der Waals surface area contributed by atoms with Crippen molar-refractivity contribution in [3.05, 3.63) is 22.9 Å². The molecule has 1 aromatic heterocycles. The Morgan fingerprint density at radius 3 is 2.45 bits per heavy atom. The Bertz CT molecular complexity index is 421. The molecule has 1 aromatic rings. The van der Waals surface area contributed by atoms with Crippen molar-refractivity contribution >= 4 is 30.7 Å². The SMILES string of the molecule is CC[C@H](Nc1cncc(Br)c1)C(O[Si](C)C)C(C)(C)C. The standard InChI is InChI=1S/C15H26BrN2OSi/c1-7-13(14(15(2,3)4)19-20(5)6)18-12-8-11(16)9-17-10-12/h8-10,13-14,18H,7H2,1-6H3/t13-,14?/m0/s1. The van der Waals surface area contributed by atoms with E-state index >= 15 is 0 Å². The van der Waals surface area contributed by atoms with E-state index in [1.165, 1.54) is 0 Å². The Kier molecular flexibility index (Phi) is 6.68. The summed E-state index contributed by atoms with van der Waals surface area (Å²) in [6.45, 7) is 13.3. The maximum Gasteiger partial charge on any atom is 0.205 e. The molecule has 1 heterocycles. The third-order valence-electron chi connectivity index (χ3n) is 3.08. The largest absolute Gasteiger partial charge is 0.412 e. The number of anilines is 1. The van der Waals surface area contributed by atoms with E-state index in [9.17, 15) is 0 Å². The lowest BCUT2D eigenvalue weighted by atomic mass is 9.83. The molecule has 0 aliphatic carbocycles. The van der Waals surface area contributed by atoms with Crippen molar-refractivity contribution in [1.29, 1.82) is 0 Å². The highest BCUT2D eigenvalue weighted by molar-refractivity contribution is 9.10. The second-order valence-corrected chi connectivity index (χ2v) is 9.33. The number of halogens is 1. The highest BCUT2D eigenvalue weighted by Crippen LogP contribution is 2.29. The van der Waals surface area contributed by atoms with Gasteiger partial charge in [0.25, 0.3) is 0 Å². The summed E-state index contributed by atoms with van der Waals surface area (Å²) in [6.07, 6.45) is 4.86. The fraction of sp³-hybridized carbons (Fsp3) is 0.667.